The molecule has 0 radical (unpaired) electrons. The van der Waals surface area contributed by atoms with E-state index < -0.39 is 0 Å². The maximum atomic E-state index is 12.9. The molecule has 29 heavy (non-hydrogen) atoms. The molecule has 6 nitrogen and oxygen atoms in total. The van der Waals surface area contributed by atoms with Gasteiger partial charge in [0, 0.05) is 18.9 Å². The zero-order chi connectivity index (χ0) is 20.1. The van der Waals surface area contributed by atoms with Crippen LogP contribution >= 0.6 is 0 Å². The zero-order valence-electron chi connectivity index (χ0n) is 16.5. The first-order valence-electron chi connectivity index (χ1n) is 9.98. The molecule has 1 aliphatic heterocycles. The highest BCUT2D eigenvalue weighted by Crippen LogP contribution is 2.31. The molecule has 0 fully saturated rings. The van der Waals surface area contributed by atoms with Gasteiger partial charge in [0.15, 0.2) is 17.6 Å². The Kier molecular flexibility index (Phi) is 5.79. The van der Waals surface area contributed by atoms with Crippen LogP contribution in [0.1, 0.15) is 18.9 Å². The minimum Gasteiger partial charge on any atom is -0.486 e. The minimum atomic E-state index is -0.164. The van der Waals surface area contributed by atoms with Gasteiger partial charge < -0.3 is 14.4 Å². The fourth-order valence-corrected chi connectivity index (χ4v) is 3.46. The summed E-state index contributed by atoms with van der Waals surface area (Å²) < 4.78 is 13.6. The highest BCUT2D eigenvalue weighted by atomic mass is 16.6. The lowest BCUT2D eigenvalue weighted by Crippen LogP contribution is -2.44. The maximum Gasteiger partial charge on any atom is 0.227 e. The van der Waals surface area contributed by atoms with Crippen LogP contribution in [0.2, 0.25) is 0 Å². The Balaban J connectivity index is 1.38. The van der Waals surface area contributed by atoms with Crippen molar-refractivity contribution in [3.63, 3.8) is 0 Å². The number of para-hydroxylation sites is 2. The second kappa shape index (κ2) is 8.82. The first-order valence-corrected chi connectivity index (χ1v) is 9.98. The SMILES string of the molecule is CCCN(C[C@@H]1COc2ccccc2O1)C(=O)Cc1ccc(-n2cccn2)cc1. The number of ether oxygens (including phenoxy) is 2. The number of fused-ring (bicyclic) bond motifs is 1. The summed E-state index contributed by atoms with van der Waals surface area (Å²) in [7, 11) is 0. The first-order chi connectivity index (χ1) is 14.2. The summed E-state index contributed by atoms with van der Waals surface area (Å²) in [5.41, 5.74) is 1.96. The summed E-state index contributed by atoms with van der Waals surface area (Å²) in [5, 5.41) is 4.23. The molecule has 0 saturated carbocycles. The minimum absolute atomic E-state index is 0.0983. The molecule has 0 spiro atoms. The summed E-state index contributed by atoms with van der Waals surface area (Å²) in [6.45, 7) is 3.74. The molecule has 4 rings (SSSR count). The van der Waals surface area contributed by atoms with Crippen molar-refractivity contribution >= 4 is 5.91 Å². The number of nitrogens with zero attached hydrogens (tertiary/aromatic N) is 3. The van der Waals surface area contributed by atoms with Crippen LogP contribution in [0.25, 0.3) is 5.69 Å². The lowest BCUT2D eigenvalue weighted by atomic mass is 10.1. The third-order valence-corrected chi connectivity index (χ3v) is 4.90. The molecule has 0 saturated heterocycles. The van der Waals surface area contributed by atoms with Gasteiger partial charge in [-0.05, 0) is 42.3 Å². The second-order valence-corrected chi connectivity index (χ2v) is 7.13. The van der Waals surface area contributed by atoms with E-state index in [-0.39, 0.29) is 12.0 Å². The Morgan fingerprint density at radius 2 is 1.93 bits per heavy atom. The van der Waals surface area contributed by atoms with E-state index in [1.807, 2.05) is 65.7 Å². The fraction of sp³-hybridized carbons (Fsp3) is 0.304. The van der Waals surface area contributed by atoms with Crippen molar-refractivity contribution in [2.45, 2.75) is 25.9 Å². The molecule has 0 bridgehead atoms. The van der Waals surface area contributed by atoms with E-state index >= 15 is 0 Å². The Hall–Kier alpha value is -3.28. The van der Waals surface area contributed by atoms with Crippen LogP contribution in [0.3, 0.4) is 0 Å². The summed E-state index contributed by atoms with van der Waals surface area (Å²) in [4.78, 5) is 14.8. The molecule has 0 N–H and O–H groups in total. The largest absolute Gasteiger partial charge is 0.486 e. The molecule has 0 unspecified atom stereocenters. The van der Waals surface area contributed by atoms with Crippen LogP contribution in [0, 0.1) is 0 Å². The number of rotatable bonds is 7. The number of hydrogen-bond donors (Lipinski definition) is 0. The lowest BCUT2D eigenvalue weighted by molar-refractivity contribution is -0.132. The van der Waals surface area contributed by atoms with Gasteiger partial charge >= 0.3 is 0 Å². The molecule has 150 valence electrons. The van der Waals surface area contributed by atoms with E-state index in [1.165, 1.54) is 0 Å². The average molecular weight is 391 g/mol. The van der Waals surface area contributed by atoms with E-state index in [0.717, 1.165) is 29.2 Å². The molecular weight excluding hydrogens is 366 g/mol. The molecule has 1 amide bonds. The molecular formula is C23H25N3O3. The van der Waals surface area contributed by atoms with E-state index in [9.17, 15) is 4.79 Å². The monoisotopic (exact) mass is 391 g/mol. The van der Waals surface area contributed by atoms with Crippen LogP contribution in [0.15, 0.2) is 67.0 Å². The van der Waals surface area contributed by atoms with Crippen molar-refractivity contribution in [2.75, 3.05) is 19.7 Å². The molecule has 2 heterocycles. The van der Waals surface area contributed by atoms with Crippen LogP contribution in [0.5, 0.6) is 11.5 Å². The summed E-state index contributed by atoms with van der Waals surface area (Å²) in [6.07, 6.45) is 4.74. The molecule has 6 heteroatoms. The van der Waals surface area contributed by atoms with E-state index in [4.69, 9.17) is 9.47 Å². The molecule has 2 aromatic carbocycles. The van der Waals surface area contributed by atoms with Crippen molar-refractivity contribution in [2.24, 2.45) is 0 Å². The number of carbonyl (C=O) groups excluding carboxylic acids is 1. The van der Waals surface area contributed by atoms with Gasteiger partial charge in [-0.25, -0.2) is 4.68 Å². The van der Waals surface area contributed by atoms with E-state index in [0.29, 0.717) is 26.1 Å². The zero-order valence-corrected chi connectivity index (χ0v) is 16.5. The van der Waals surface area contributed by atoms with Gasteiger partial charge in [-0.15, -0.1) is 0 Å². The van der Waals surface area contributed by atoms with Gasteiger partial charge in [0.05, 0.1) is 18.7 Å². The van der Waals surface area contributed by atoms with Gasteiger partial charge in [0.2, 0.25) is 5.91 Å². The number of benzene rings is 2. The van der Waals surface area contributed by atoms with Gasteiger partial charge in [0.1, 0.15) is 6.61 Å². The molecule has 1 atom stereocenters. The van der Waals surface area contributed by atoms with Gasteiger partial charge in [-0.3, -0.25) is 4.79 Å². The average Bonchev–Trinajstić information content (AvgIpc) is 3.29. The highest BCUT2D eigenvalue weighted by Gasteiger charge is 2.25. The second-order valence-electron chi connectivity index (χ2n) is 7.13. The summed E-state index contributed by atoms with van der Waals surface area (Å²) in [5.74, 6) is 1.59. The number of aromatic nitrogens is 2. The summed E-state index contributed by atoms with van der Waals surface area (Å²) in [6, 6.07) is 17.5. The normalized spacial score (nSPS) is 15.1. The van der Waals surface area contributed by atoms with E-state index in [2.05, 4.69) is 12.0 Å². The van der Waals surface area contributed by atoms with E-state index in [1.54, 1.807) is 10.9 Å². The van der Waals surface area contributed by atoms with Crippen LogP contribution in [0.4, 0.5) is 0 Å². The first kappa shape index (κ1) is 19.1. The predicted molar refractivity (Wildman–Crippen MR) is 110 cm³/mol. The molecule has 1 aliphatic rings. The summed E-state index contributed by atoms with van der Waals surface area (Å²) >= 11 is 0. The van der Waals surface area contributed by atoms with Gasteiger partial charge in [0.25, 0.3) is 0 Å². The smallest absolute Gasteiger partial charge is 0.227 e. The topological polar surface area (TPSA) is 56.6 Å². The number of amides is 1. The number of carbonyl (C=O) groups is 1. The Labute approximate surface area is 170 Å². The quantitative estimate of drug-likeness (QED) is 0.619. The predicted octanol–water partition coefficient (Wildman–Crippen LogP) is 3.49. The van der Waals surface area contributed by atoms with Crippen molar-refractivity contribution < 1.29 is 14.3 Å². The fourth-order valence-electron chi connectivity index (χ4n) is 3.46. The Morgan fingerprint density at radius 1 is 1.14 bits per heavy atom. The van der Waals surface area contributed by atoms with Crippen molar-refractivity contribution in [1.29, 1.82) is 0 Å². The Morgan fingerprint density at radius 3 is 2.66 bits per heavy atom. The van der Waals surface area contributed by atoms with Crippen LogP contribution in [-0.4, -0.2) is 46.4 Å². The molecule has 1 aromatic heterocycles. The van der Waals surface area contributed by atoms with Gasteiger partial charge in [-0.1, -0.05) is 31.2 Å². The maximum absolute atomic E-state index is 12.9. The van der Waals surface area contributed by atoms with Crippen molar-refractivity contribution in [1.82, 2.24) is 14.7 Å². The third-order valence-electron chi connectivity index (χ3n) is 4.90. The van der Waals surface area contributed by atoms with Crippen molar-refractivity contribution in [3.8, 4) is 17.2 Å². The Bertz CT molecular complexity index is 938. The number of hydrogen-bond acceptors (Lipinski definition) is 4. The third kappa shape index (κ3) is 4.59. The molecule has 3 aromatic rings. The lowest BCUT2D eigenvalue weighted by Gasteiger charge is -2.31. The van der Waals surface area contributed by atoms with Gasteiger partial charge in [-0.2, -0.15) is 5.10 Å². The molecule has 0 aliphatic carbocycles. The highest BCUT2D eigenvalue weighted by molar-refractivity contribution is 5.79. The van der Waals surface area contributed by atoms with Crippen LogP contribution < -0.4 is 9.47 Å². The van der Waals surface area contributed by atoms with Crippen molar-refractivity contribution in [3.05, 3.63) is 72.6 Å². The van der Waals surface area contributed by atoms with Crippen LogP contribution in [-0.2, 0) is 11.2 Å². The standard InChI is InChI=1S/C23H25N3O3/c1-2-13-25(16-20-17-28-21-6-3-4-7-22(21)29-20)23(27)15-18-8-10-19(11-9-18)26-14-5-12-24-26/h3-12,14,20H,2,13,15-17H2,1H3/t20-/m1/s1.